The van der Waals surface area contributed by atoms with Gasteiger partial charge >= 0.3 is 35.9 Å². The Morgan fingerprint density at radius 2 is 0.444 bits per heavy atom. The van der Waals surface area contributed by atoms with Crippen LogP contribution in [0.5, 0.6) is 0 Å². The van der Waals surface area contributed by atoms with Gasteiger partial charge in [0.1, 0.15) is 0 Å². The summed E-state index contributed by atoms with van der Waals surface area (Å²) in [6.45, 7) is 40.4. The van der Waals surface area contributed by atoms with Crippen LogP contribution in [0, 0.1) is 0 Å². The lowest BCUT2D eigenvalue weighted by Gasteiger charge is -2.45. The van der Waals surface area contributed by atoms with Crippen LogP contribution in [-0.2, 0) is 52.2 Å². The Labute approximate surface area is 336 Å². The molecule has 0 aliphatic rings. The van der Waals surface area contributed by atoms with Gasteiger partial charge in [0, 0.05) is 54.9 Å². The van der Waals surface area contributed by atoms with Crippen molar-refractivity contribution in [3.8, 4) is 0 Å². The van der Waals surface area contributed by atoms with Crippen molar-refractivity contribution in [1.29, 1.82) is 0 Å². The summed E-state index contributed by atoms with van der Waals surface area (Å²) < 4.78 is 83.4. The summed E-state index contributed by atoms with van der Waals surface area (Å²) in [7, 11) is -17.3. The summed E-state index contributed by atoms with van der Waals surface area (Å²) in [5, 5.41) is 0. The number of hydrogen-bond donors (Lipinski definition) is 0. The summed E-state index contributed by atoms with van der Waals surface area (Å²) >= 11 is 0. The van der Waals surface area contributed by atoms with Gasteiger partial charge in [-0.1, -0.05) is 62.3 Å². The molecule has 54 heavy (non-hydrogen) atoms. The molecule has 0 spiro atoms. The van der Waals surface area contributed by atoms with Crippen LogP contribution in [0.4, 0.5) is 0 Å². The maximum atomic E-state index is 7.33. The number of hydrogen-bond acceptors (Lipinski definition) is 12. The topological polar surface area (TPSA) is 111 Å². The Hall–Kier alpha value is 0.128. The summed E-state index contributed by atoms with van der Waals surface area (Å²) in [5.41, 5.74) is 1.54. The summed E-state index contributed by atoms with van der Waals surface area (Å²) in [5.74, 6) is 0. The standard InChI is InChI=1S/C38H84O12Si4/c1-20-30(11)39-52(40-31(12)21-2,41-32(13)22-3)48-51(29-10,49-53(42-33(14)23-4,43-34(15)24-5)44-35(16)25-6)50-54(45-36(17)26-7,46-37(18)27-8)47-38(19)28-9/h29-38H,10,20-28H2,1-9,11-19H3. The minimum Gasteiger partial charge on any atom is -0.349 e. The van der Waals surface area contributed by atoms with Crippen molar-refractivity contribution in [2.75, 3.05) is 0 Å². The van der Waals surface area contributed by atoms with Gasteiger partial charge in [-0.2, -0.15) is 0 Å². The van der Waals surface area contributed by atoms with E-state index in [2.05, 4.69) is 6.58 Å². The minimum atomic E-state index is -4.57. The van der Waals surface area contributed by atoms with E-state index < -0.39 is 35.9 Å². The van der Waals surface area contributed by atoms with Crippen LogP contribution in [-0.4, -0.2) is 90.9 Å². The highest BCUT2D eigenvalue weighted by molar-refractivity contribution is 6.85. The molecule has 0 aromatic rings. The molecule has 9 atom stereocenters. The quantitative estimate of drug-likeness (QED) is 0.0575. The molecule has 0 heterocycles. The van der Waals surface area contributed by atoms with E-state index in [1.54, 1.807) is 0 Å². The largest absolute Gasteiger partial charge is 0.673 e. The molecule has 12 nitrogen and oxygen atoms in total. The first-order chi connectivity index (χ1) is 25.3. The zero-order valence-corrected chi connectivity index (χ0v) is 41.7. The van der Waals surface area contributed by atoms with Crippen LogP contribution in [0.15, 0.2) is 12.3 Å². The third kappa shape index (κ3) is 19.3. The van der Waals surface area contributed by atoms with Gasteiger partial charge < -0.3 is 52.2 Å². The fourth-order valence-electron chi connectivity index (χ4n) is 4.14. The first-order valence-electron chi connectivity index (χ1n) is 21.1. The molecule has 0 bridgehead atoms. The molecule has 0 rings (SSSR count). The van der Waals surface area contributed by atoms with Crippen molar-refractivity contribution in [1.82, 2.24) is 0 Å². The molecule has 0 saturated heterocycles. The van der Waals surface area contributed by atoms with Crippen LogP contribution >= 0.6 is 0 Å². The van der Waals surface area contributed by atoms with Gasteiger partial charge in [0.15, 0.2) is 0 Å². The van der Waals surface area contributed by atoms with Crippen molar-refractivity contribution in [2.45, 2.75) is 237 Å². The van der Waals surface area contributed by atoms with Gasteiger partial charge in [-0.25, -0.2) is 0 Å². The van der Waals surface area contributed by atoms with E-state index in [4.69, 9.17) is 52.2 Å². The predicted octanol–water partition coefficient (Wildman–Crippen LogP) is 10.3. The highest BCUT2D eigenvalue weighted by Gasteiger charge is 2.69. The molecule has 9 unspecified atom stereocenters. The van der Waals surface area contributed by atoms with Gasteiger partial charge in [0.2, 0.25) is 0 Å². The first kappa shape index (κ1) is 54.1. The first-order valence-corrected chi connectivity index (χ1v) is 27.8. The third-order valence-electron chi connectivity index (χ3n) is 9.34. The van der Waals surface area contributed by atoms with Crippen molar-refractivity contribution in [3.05, 3.63) is 12.3 Å². The highest BCUT2D eigenvalue weighted by atomic mass is 28.5. The summed E-state index contributed by atoms with van der Waals surface area (Å²) in [6, 6.07) is 0. The zero-order chi connectivity index (χ0) is 41.8. The van der Waals surface area contributed by atoms with Gasteiger partial charge in [0.25, 0.3) is 0 Å². The molecule has 0 aromatic carbocycles. The molecule has 0 N–H and O–H groups in total. The van der Waals surface area contributed by atoms with E-state index in [1.807, 2.05) is 125 Å². The summed E-state index contributed by atoms with van der Waals surface area (Å²) in [4.78, 5) is 0. The molecular formula is C38H84O12Si4. The Morgan fingerprint density at radius 3 is 0.537 bits per heavy atom. The van der Waals surface area contributed by atoms with Crippen LogP contribution in [0.25, 0.3) is 0 Å². The Bertz CT molecular complexity index is 779. The fourth-order valence-corrected chi connectivity index (χ4v) is 19.1. The van der Waals surface area contributed by atoms with Gasteiger partial charge in [-0.3, -0.25) is 0 Å². The molecule has 324 valence electrons. The molecule has 0 radical (unpaired) electrons. The van der Waals surface area contributed by atoms with E-state index in [1.165, 1.54) is 5.70 Å². The van der Waals surface area contributed by atoms with E-state index in [0.717, 1.165) is 0 Å². The van der Waals surface area contributed by atoms with Crippen molar-refractivity contribution >= 4 is 35.9 Å². The highest BCUT2D eigenvalue weighted by Crippen LogP contribution is 2.36. The maximum absolute atomic E-state index is 7.33. The van der Waals surface area contributed by atoms with Crippen molar-refractivity contribution in [2.24, 2.45) is 0 Å². The molecule has 0 aromatic heterocycles. The second-order valence-corrected chi connectivity index (χ2v) is 23.8. The lowest BCUT2D eigenvalue weighted by Crippen LogP contribution is -2.71. The molecular weight excluding hydrogens is 761 g/mol. The van der Waals surface area contributed by atoms with Gasteiger partial charge in [-0.15, -0.1) is 6.58 Å². The van der Waals surface area contributed by atoms with Crippen LogP contribution in [0.1, 0.15) is 182 Å². The van der Waals surface area contributed by atoms with Gasteiger partial charge in [0.05, 0.1) is 0 Å². The van der Waals surface area contributed by atoms with Crippen molar-refractivity contribution in [3.63, 3.8) is 0 Å². The monoisotopic (exact) mass is 845 g/mol. The lowest BCUT2D eigenvalue weighted by atomic mass is 10.3. The van der Waals surface area contributed by atoms with E-state index in [9.17, 15) is 0 Å². The number of rotatable bonds is 34. The average Bonchev–Trinajstić information content (AvgIpc) is 3.13. The molecule has 0 amide bonds. The predicted molar refractivity (Wildman–Crippen MR) is 224 cm³/mol. The van der Waals surface area contributed by atoms with E-state index in [-0.39, 0.29) is 54.9 Å². The summed E-state index contributed by atoms with van der Waals surface area (Å²) in [6.07, 6.45) is 3.28. The molecule has 0 aliphatic carbocycles. The SMILES string of the molecule is C=C[Si](O[Si](OC(C)CC)(OC(C)CC)OC(C)CC)(O[Si](OC(C)CC)(OC(C)CC)OC(C)CC)O[Si](OC(C)CC)(OC(C)CC)OC(C)CC. The Kier molecular flexibility index (Phi) is 27.1. The normalized spacial score (nSPS) is 22.0. The molecule has 0 aliphatic heterocycles. The van der Waals surface area contributed by atoms with E-state index >= 15 is 0 Å². The second-order valence-electron chi connectivity index (χ2n) is 14.6. The second kappa shape index (κ2) is 27.0. The minimum absolute atomic E-state index is 0.307. The maximum Gasteiger partial charge on any atom is 0.673 e. The smallest absolute Gasteiger partial charge is 0.349 e. The molecule has 16 heteroatoms. The lowest BCUT2D eigenvalue weighted by molar-refractivity contribution is -0.102. The van der Waals surface area contributed by atoms with Gasteiger partial charge in [-0.05, 0) is 126 Å². The molecule has 0 fully saturated rings. The van der Waals surface area contributed by atoms with Crippen molar-refractivity contribution < 1.29 is 52.2 Å². The van der Waals surface area contributed by atoms with Crippen LogP contribution in [0.2, 0.25) is 0 Å². The van der Waals surface area contributed by atoms with Crippen LogP contribution < -0.4 is 0 Å². The van der Waals surface area contributed by atoms with E-state index in [0.29, 0.717) is 57.8 Å². The third-order valence-corrected chi connectivity index (χ3v) is 22.5. The Morgan fingerprint density at radius 1 is 0.315 bits per heavy atom. The molecule has 0 saturated carbocycles. The zero-order valence-electron chi connectivity index (χ0n) is 37.7. The van der Waals surface area contributed by atoms with Crippen LogP contribution in [0.3, 0.4) is 0 Å². The fraction of sp³-hybridized carbons (Fsp3) is 0.947. The Balaban J connectivity index is 8.56. The average molecular weight is 845 g/mol.